The molecule has 1 aliphatic heterocycles. The van der Waals surface area contributed by atoms with Crippen molar-refractivity contribution in [1.82, 2.24) is 10.2 Å². The van der Waals surface area contributed by atoms with Crippen molar-refractivity contribution in [2.24, 2.45) is 11.8 Å². The molecule has 2 N–H and O–H groups in total. The third kappa shape index (κ3) is 6.48. The van der Waals surface area contributed by atoms with Crippen LogP contribution in [0.2, 0.25) is 0 Å². The molecule has 2 atom stereocenters. The van der Waals surface area contributed by atoms with Crippen LogP contribution in [-0.2, 0) is 19.1 Å². The van der Waals surface area contributed by atoms with E-state index in [2.05, 4.69) is 12.2 Å². The first kappa shape index (κ1) is 21.7. The second kappa shape index (κ2) is 9.04. The van der Waals surface area contributed by atoms with Gasteiger partial charge in [-0.15, -0.1) is 0 Å². The number of nitrogens with zero attached hydrogens (tertiary/aromatic N) is 1. The van der Waals surface area contributed by atoms with Crippen LogP contribution in [0.5, 0.6) is 0 Å². The molecule has 0 aromatic heterocycles. The van der Waals surface area contributed by atoms with Gasteiger partial charge in [-0.1, -0.05) is 6.92 Å². The molecular weight excluding hydrogens is 348 g/mol. The summed E-state index contributed by atoms with van der Waals surface area (Å²) < 4.78 is 5.56. The fraction of sp³-hybridized carbons (Fsp3) is 0.850. The van der Waals surface area contributed by atoms with Crippen molar-refractivity contribution in [2.45, 2.75) is 83.9 Å². The van der Waals surface area contributed by atoms with Crippen LogP contribution in [0.15, 0.2) is 0 Å². The number of carbonyl (C=O) groups excluding carboxylic acids is 2. The van der Waals surface area contributed by atoms with Crippen molar-refractivity contribution in [2.75, 3.05) is 13.2 Å². The molecule has 0 aromatic rings. The molecule has 1 saturated heterocycles. The van der Waals surface area contributed by atoms with E-state index in [9.17, 15) is 19.5 Å². The van der Waals surface area contributed by atoms with Gasteiger partial charge in [0.05, 0.1) is 11.5 Å². The summed E-state index contributed by atoms with van der Waals surface area (Å²) in [7, 11) is 0. The number of carbonyl (C=O) groups is 3. The van der Waals surface area contributed by atoms with E-state index in [0.717, 1.165) is 25.7 Å². The van der Waals surface area contributed by atoms with Crippen molar-refractivity contribution >= 4 is 17.8 Å². The first-order valence-corrected chi connectivity index (χ1v) is 10.0. The number of aliphatic carboxylic acids is 1. The summed E-state index contributed by atoms with van der Waals surface area (Å²) in [4.78, 5) is 38.2. The number of hydrogen-bond acceptors (Lipinski definition) is 4. The predicted molar refractivity (Wildman–Crippen MR) is 101 cm³/mol. The summed E-state index contributed by atoms with van der Waals surface area (Å²) in [5.74, 6) is -1.19. The maximum Gasteiger partial charge on any atom is 0.326 e. The Bertz CT molecular complexity index is 549. The number of amides is 2. The van der Waals surface area contributed by atoms with Crippen molar-refractivity contribution in [3.63, 3.8) is 0 Å². The quantitative estimate of drug-likeness (QED) is 0.704. The molecule has 0 bridgehead atoms. The maximum atomic E-state index is 12.6. The van der Waals surface area contributed by atoms with E-state index in [1.54, 1.807) is 0 Å². The van der Waals surface area contributed by atoms with Gasteiger partial charge >= 0.3 is 5.97 Å². The van der Waals surface area contributed by atoms with Crippen molar-refractivity contribution in [3.8, 4) is 0 Å². The third-order valence-corrected chi connectivity index (χ3v) is 5.51. The second-order valence-corrected chi connectivity index (χ2v) is 9.01. The number of ether oxygens (including phenoxy) is 1. The van der Waals surface area contributed by atoms with Gasteiger partial charge in [-0.2, -0.15) is 0 Å². The topological polar surface area (TPSA) is 95.9 Å². The fourth-order valence-corrected chi connectivity index (χ4v) is 3.84. The number of carboxylic acids is 1. The van der Waals surface area contributed by atoms with Crippen LogP contribution in [0.1, 0.15) is 66.2 Å². The lowest BCUT2D eigenvalue weighted by molar-refractivity contribution is -0.143. The van der Waals surface area contributed by atoms with Crippen LogP contribution in [0.4, 0.5) is 0 Å². The van der Waals surface area contributed by atoms with Crippen molar-refractivity contribution < 1.29 is 24.2 Å². The molecular formula is C20H34N2O5. The first-order valence-electron chi connectivity index (χ1n) is 10.0. The minimum absolute atomic E-state index is 0.0117. The molecule has 2 aliphatic rings. The predicted octanol–water partition coefficient (Wildman–Crippen LogP) is 2.19. The number of rotatable bonds is 7. The number of nitrogens with one attached hydrogen (secondary N) is 1. The van der Waals surface area contributed by atoms with E-state index in [1.807, 2.05) is 25.7 Å². The zero-order valence-corrected chi connectivity index (χ0v) is 17.0. The van der Waals surface area contributed by atoms with Gasteiger partial charge in [-0.25, -0.2) is 4.79 Å². The minimum atomic E-state index is -1.08. The van der Waals surface area contributed by atoms with Crippen LogP contribution in [-0.4, -0.2) is 58.6 Å². The van der Waals surface area contributed by atoms with Gasteiger partial charge in [-0.3, -0.25) is 9.59 Å². The van der Waals surface area contributed by atoms with Gasteiger partial charge in [0.25, 0.3) is 0 Å². The highest BCUT2D eigenvalue weighted by atomic mass is 16.5. The fourth-order valence-electron chi connectivity index (χ4n) is 3.84. The van der Waals surface area contributed by atoms with Gasteiger partial charge in [0.2, 0.25) is 11.8 Å². The van der Waals surface area contributed by atoms with Gasteiger partial charge in [0.1, 0.15) is 6.04 Å². The van der Waals surface area contributed by atoms with Gasteiger partial charge < -0.3 is 20.1 Å². The monoisotopic (exact) mass is 382 g/mol. The Labute approximate surface area is 161 Å². The highest BCUT2D eigenvalue weighted by molar-refractivity contribution is 5.91. The van der Waals surface area contributed by atoms with E-state index < -0.39 is 17.9 Å². The van der Waals surface area contributed by atoms with Gasteiger partial charge in [-0.05, 0) is 52.4 Å². The van der Waals surface area contributed by atoms with E-state index in [-0.39, 0.29) is 42.9 Å². The molecule has 2 unspecified atom stereocenters. The number of hydrogen-bond donors (Lipinski definition) is 2. The van der Waals surface area contributed by atoms with Crippen molar-refractivity contribution in [3.05, 3.63) is 0 Å². The molecule has 1 aliphatic carbocycles. The summed E-state index contributed by atoms with van der Waals surface area (Å²) in [6.45, 7) is 8.56. The third-order valence-electron chi connectivity index (χ3n) is 5.51. The molecule has 27 heavy (non-hydrogen) atoms. The van der Waals surface area contributed by atoms with E-state index in [0.29, 0.717) is 12.5 Å². The average molecular weight is 383 g/mol. The highest BCUT2D eigenvalue weighted by Gasteiger charge is 2.39. The maximum absolute atomic E-state index is 12.6. The standard InChI is InChI=1S/C20H34N2O5/c1-13-5-7-15(8-6-13)22-12-14(11-17(22)23)18(24)21-16(19(25)26)9-10-27-20(2,3)4/h13-16H,5-12H2,1-4H3,(H,21,24)(H,25,26). The molecule has 7 nitrogen and oxygen atoms in total. The molecule has 0 spiro atoms. The van der Waals surface area contributed by atoms with Crippen LogP contribution >= 0.6 is 0 Å². The molecule has 1 saturated carbocycles. The van der Waals surface area contributed by atoms with E-state index >= 15 is 0 Å². The lowest BCUT2D eigenvalue weighted by Gasteiger charge is -2.33. The lowest BCUT2D eigenvalue weighted by atomic mass is 9.87. The molecule has 2 amide bonds. The summed E-state index contributed by atoms with van der Waals surface area (Å²) in [5, 5.41) is 12.0. The van der Waals surface area contributed by atoms with E-state index in [4.69, 9.17) is 4.74 Å². The SMILES string of the molecule is CC1CCC(N2CC(C(=O)NC(CCOC(C)(C)C)C(=O)O)CC2=O)CC1. The Morgan fingerprint density at radius 3 is 2.44 bits per heavy atom. The molecule has 2 rings (SSSR count). The highest BCUT2D eigenvalue weighted by Crippen LogP contribution is 2.31. The lowest BCUT2D eigenvalue weighted by Crippen LogP contribution is -2.45. The smallest absolute Gasteiger partial charge is 0.326 e. The molecule has 0 aromatic carbocycles. The Morgan fingerprint density at radius 1 is 1.26 bits per heavy atom. The van der Waals surface area contributed by atoms with Crippen LogP contribution in [0, 0.1) is 11.8 Å². The largest absolute Gasteiger partial charge is 0.480 e. The zero-order valence-electron chi connectivity index (χ0n) is 17.0. The number of carboxylic acid groups (broad SMARTS) is 1. The Morgan fingerprint density at radius 2 is 1.89 bits per heavy atom. The number of likely N-dealkylation sites (tertiary alicyclic amines) is 1. The van der Waals surface area contributed by atoms with Crippen LogP contribution in [0.25, 0.3) is 0 Å². The molecule has 7 heteroatoms. The van der Waals surface area contributed by atoms with E-state index in [1.165, 1.54) is 0 Å². The average Bonchev–Trinajstić information content (AvgIpc) is 2.95. The van der Waals surface area contributed by atoms with Crippen LogP contribution < -0.4 is 5.32 Å². The Hall–Kier alpha value is -1.63. The molecule has 0 radical (unpaired) electrons. The summed E-state index contributed by atoms with van der Waals surface area (Å²) in [6.07, 6.45) is 4.57. The molecule has 2 fully saturated rings. The van der Waals surface area contributed by atoms with Gasteiger partial charge in [0, 0.05) is 32.0 Å². The Kier molecular flexibility index (Phi) is 7.25. The summed E-state index contributed by atoms with van der Waals surface area (Å²) >= 11 is 0. The van der Waals surface area contributed by atoms with Gasteiger partial charge in [0.15, 0.2) is 0 Å². The van der Waals surface area contributed by atoms with Crippen LogP contribution in [0.3, 0.4) is 0 Å². The first-order chi connectivity index (χ1) is 12.6. The minimum Gasteiger partial charge on any atom is -0.480 e. The zero-order chi connectivity index (χ0) is 20.2. The van der Waals surface area contributed by atoms with Crippen molar-refractivity contribution in [1.29, 1.82) is 0 Å². The molecule has 1 heterocycles. The summed E-state index contributed by atoms with van der Waals surface area (Å²) in [5.41, 5.74) is -0.358. The summed E-state index contributed by atoms with van der Waals surface area (Å²) in [6, 6.07) is -0.776. The normalized spacial score (nSPS) is 27.5. The second-order valence-electron chi connectivity index (χ2n) is 9.01. The molecule has 154 valence electrons. The Balaban J connectivity index is 1.86.